The number of carboxylic acids is 1. The monoisotopic (exact) mass is 263 g/mol. The van der Waals surface area contributed by atoms with E-state index < -0.39 is 5.97 Å². The van der Waals surface area contributed by atoms with Crippen LogP contribution in [0.3, 0.4) is 0 Å². The smallest absolute Gasteiger partial charge is 0.358 e. The van der Waals surface area contributed by atoms with Gasteiger partial charge in [0.05, 0.1) is 5.69 Å². The second-order valence-corrected chi connectivity index (χ2v) is 3.99. The topological polar surface area (TPSA) is 75.1 Å². The summed E-state index contributed by atoms with van der Waals surface area (Å²) in [6.45, 7) is 1.69. The van der Waals surface area contributed by atoms with Gasteiger partial charge in [0.25, 0.3) is 0 Å². The molecule has 5 nitrogen and oxygen atoms in total. The van der Waals surface area contributed by atoms with E-state index in [9.17, 15) is 4.79 Å². The van der Waals surface area contributed by atoms with E-state index in [-0.39, 0.29) is 10.8 Å². The van der Waals surface area contributed by atoms with Crippen LogP contribution >= 0.6 is 11.6 Å². The number of para-hydroxylation sites is 1. The quantitative estimate of drug-likeness (QED) is 0.891. The van der Waals surface area contributed by atoms with Crippen LogP contribution in [0.2, 0.25) is 5.15 Å². The molecule has 0 atom stereocenters. The van der Waals surface area contributed by atoms with E-state index in [0.29, 0.717) is 11.3 Å². The number of benzene rings is 1. The second-order valence-electron chi connectivity index (χ2n) is 3.64. The summed E-state index contributed by atoms with van der Waals surface area (Å²) in [7, 11) is 0. The first-order valence-electron chi connectivity index (χ1n) is 5.17. The van der Waals surface area contributed by atoms with Crippen LogP contribution in [0.25, 0.3) is 0 Å². The zero-order valence-electron chi connectivity index (χ0n) is 9.51. The Kier molecular flexibility index (Phi) is 3.43. The molecular formula is C12H10ClN3O2. The lowest BCUT2D eigenvalue weighted by molar-refractivity contribution is 0.0690. The van der Waals surface area contributed by atoms with Gasteiger partial charge in [-0.15, -0.1) is 10.2 Å². The maximum Gasteiger partial charge on any atom is 0.358 e. The van der Waals surface area contributed by atoms with E-state index in [0.717, 1.165) is 5.69 Å². The SMILES string of the molecule is Cc1c(Cl)nnc(C(=O)O)c1Nc1ccccc1. The van der Waals surface area contributed by atoms with Crippen molar-refractivity contribution in [2.45, 2.75) is 6.92 Å². The molecule has 0 saturated carbocycles. The van der Waals surface area contributed by atoms with Crippen LogP contribution in [0, 0.1) is 6.92 Å². The third-order valence-electron chi connectivity index (χ3n) is 2.40. The molecule has 0 aliphatic rings. The number of rotatable bonds is 3. The standard InChI is InChI=1S/C12H10ClN3O2/c1-7-9(14-8-5-3-2-4-6-8)10(12(17)18)15-16-11(7)13/h2-6H,1H3,(H,14,16)(H,17,18). The van der Waals surface area contributed by atoms with Crippen molar-refractivity contribution in [2.24, 2.45) is 0 Å². The van der Waals surface area contributed by atoms with Crippen LogP contribution in [0.4, 0.5) is 11.4 Å². The minimum absolute atomic E-state index is 0.152. The molecule has 0 aliphatic heterocycles. The Labute approximate surface area is 108 Å². The van der Waals surface area contributed by atoms with Gasteiger partial charge in [-0.1, -0.05) is 29.8 Å². The number of nitrogens with zero attached hydrogens (tertiary/aromatic N) is 2. The highest BCUT2D eigenvalue weighted by atomic mass is 35.5. The summed E-state index contributed by atoms with van der Waals surface area (Å²) in [4.78, 5) is 11.1. The van der Waals surface area contributed by atoms with Gasteiger partial charge in [0.2, 0.25) is 0 Å². The number of halogens is 1. The minimum Gasteiger partial charge on any atom is -0.476 e. The van der Waals surface area contributed by atoms with Gasteiger partial charge in [0.1, 0.15) is 0 Å². The van der Waals surface area contributed by atoms with Crippen LogP contribution in [-0.2, 0) is 0 Å². The van der Waals surface area contributed by atoms with Crippen molar-refractivity contribution in [3.8, 4) is 0 Å². The molecule has 92 valence electrons. The number of carbonyl (C=O) groups is 1. The van der Waals surface area contributed by atoms with Gasteiger partial charge in [0, 0.05) is 11.3 Å². The predicted molar refractivity (Wildman–Crippen MR) is 68.5 cm³/mol. The predicted octanol–water partition coefficient (Wildman–Crippen LogP) is 2.88. The number of aromatic nitrogens is 2. The molecule has 0 saturated heterocycles. The van der Waals surface area contributed by atoms with E-state index >= 15 is 0 Å². The number of hydrogen-bond acceptors (Lipinski definition) is 4. The molecule has 0 bridgehead atoms. The first kappa shape index (κ1) is 12.3. The molecule has 6 heteroatoms. The van der Waals surface area contributed by atoms with Crippen LogP contribution < -0.4 is 5.32 Å². The molecule has 0 amide bonds. The lowest BCUT2D eigenvalue weighted by Crippen LogP contribution is -2.09. The van der Waals surface area contributed by atoms with Gasteiger partial charge < -0.3 is 10.4 Å². The summed E-state index contributed by atoms with van der Waals surface area (Å²) >= 11 is 5.85. The van der Waals surface area contributed by atoms with E-state index in [4.69, 9.17) is 16.7 Å². The van der Waals surface area contributed by atoms with Crippen molar-refractivity contribution in [1.82, 2.24) is 10.2 Å². The minimum atomic E-state index is -1.15. The van der Waals surface area contributed by atoms with Gasteiger partial charge in [-0.2, -0.15) is 0 Å². The fourth-order valence-corrected chi connectivity index (χ4v) is 1.60. The summed E-state index contributed by atoms with van der Waals surface area (Å²) in [5.41, 5.74) is 1.51. The average molecular weight is 264 g/mol. The third-order valence-corrected chi connectivity index (χ3v) is 2.76. The molecule has 1 heterocycles. The van der Waals surface area contributed by atoms with Crippen molar-refractivity contribution < 1.29 is 9.90 Å². The highest BCUT2D eigenvalue weighted by Gasteiger charge is 2.17. The summed E-state index contributed by atoms with van der Waals surface area (Å²) in [5, 5.41) is 19.4. The Hall–Kier alpha value is -2.14. The third kappa shape index (κ3) is 2.41. The molecule has 0 unspecified atom stereocenters. The summed E-state index contributed by atoms with van der Waals surface area (Å²) < 4.78 is 0. The van der Waals surface area contributed by atoms with Crippen LogP contribution in [0.5, 0.6) is 0 Å². The summed E-state index contributed by atoms with van der Waals surface area (Å²) in [6.07, 6.45) is 0. The number of nitrogens with one attached hydrogen (secondary N) is 1. The van der Waals surface area contributed by atoms with Crippen molar-refractivity contribution in [2.75, 3.05) is 5.32 Å². The Balaban J connectivity index is 2.48. The molecule has 0 spiro atoms. The lowest BCUT2D eigenvalue weighted by atomic mass is 10.2. The van der Waals surface area contributed by atoms with Crippen LogP contribution in [0.1, 0.15) is 16.1 Å². The molecule has 1 aromatic heterocycles. The van der Waals surface area contributed by atoms with Gasteiger partial charge in [0.15, 0.2) is 10.8 Å². The zero-order chi connectivity index (χ0) is 13.1. The van der Waals surface area contributed by atoms with E-state index in [1.165, 1.54) is 0 Å². The Bertz CT molecular complexity index is 587. The maximum atomic E-state index is 11.1. The van der Waals surface area contributed by atoms with Crippen molar-refractivity contribution in [1.29, 1.82) is 0 Å². The molecule has 0 fully saturated rings. The molecule has 1 aromatic carbocycles. The number of carboxylic acid groups (broad SMARTS) is 1. The molecule has 2 rings (SSSR count). The van der Waals surface area contributed by atoms with Gasteiger partial charge in [-0.3, -0.25) is 0 Å². The number of anilines is 2. The van der Waals surface area contributed by atoms with Gasteiger partial charge in [-0.05, 0) is 19.1 Å². The number of aromatic carboxylic acids is 1. The lowest BCUT2D eigenvalue weighted by Gasteiger charge is -2.11. The van der Waals surface area contributed by atoms with Gasteiger partial charge >= 0.3 is 5.97 Å². The highest BCUT2D eigenvalue weighted by Crippen LogP contribution is 2.27. The molecule has 2 aromatic rings. The molecule has 2 N–H and O–H groups in total. The summed E-state index contributed by atoms with van der Waals surface area (Å²) in [5.74, 6) is -1.15. The summed E-state index contributed by atoms with van der Waals surface area (Å²) in [6, 6.07) is 9.19. The largest absolute Gasteiger partial charge is 0.476 e. The second kappa shape index (κ2) is 5.01. The van der Waals surface area contributed by atoms with Crippen LogP contribution in [0.15, 0.2) is 30.3 Å². The Morgan fingerprint density at radius 3 is 2.56 bits per heavy atom. The molecular weight excluding hydrogens is 254 g/mol. The average Bonchev–Trinajstić information content (AvgIpc) is 2.36. The maximum absolute atomic E-state index is 11.1. The highest BCUT2D eigenvalue weighted by molar-refractivity contribution is 6.30. The van der Waals surface area contributed by atoms with E-state index in [2.05, 4.69) is 15.5 Å². The Morgan fingerprint density at radius 1 is 1.28 bits per heavy atom. The van der Waals surface area contributed by atoms with E-state index in [1.807, 2.05) is 30.3 Å². The van der Waals surface area contributed by atoms with Gasteiger partial charge in [-0.25, -0.2) is 4.79 Å². The number of hydrogen-bond donors (Lipinski definition) is 2. The molecule has 18 heavy (non-hydrogen) atoms. The first-order valence-corrected chi connectivity index (χ1v) is 5.55. The molecule has 0 aliphatic carbocycles. The molecule has 0 radical (unpaired) electrons. The normalized spacial score (nSPS) is 10.1. The Morgan fingerprint density at radius 2 is 1.94 bits per heavy atom. The zero-order valence-corrected chi connectivity index (χ0v) is 10.3. The van der Waals surface area contributed by atoms with Crippen molar-refractivity contribution >= 4 is 28.9 Å². The van der Waals surface area contributed by atoms with Crippen molar-refractivity contribution in [3.63, 3.8) is 0 Å². The van der Waals surface area contributed by atoms with E-state index in [1.54, 1.807) is 6.92 Å². The first-order chi connectivity index (χ1) is 8.59. The fourth-order valence-electron chi connectivity index (χ4n) is 1.47. The fraction of sp³-hybridized carbons (Fsp3) is 0.0833. The van der Waals surface area contributed by atoms with Crippen molar-refractivity contribution in [3.05, 3.63) is 46.7 Å². The van der Waals surface area contributed by atoms with Crippen LogP contribution in [-0.4, -0.2) is 21.3 Å².